The van der Waals surface area contributed by atoms with E-state index in [1.54, 1.807) is 6.92 Å². The second kappa shape index (κ2) is 9.65. The van der Waals surface area contributed by atoms with Crippen molar-refractivity contribution >= 4 is 40.0 Å². The summed E-state index contributed by atoms with van der Waals surface area (Å²) < 4.78 is 5.24. The lowest BCUT2D eigenvalue weighted by molar-refractivity contribution is -0.113. The normalized spacial score (nSPS) is 13.0. The molecule has 0 aliphatic heterocycles. The van der Waals surface area contributed by atoms with E-state index in [9.17, 15) is 9.59 Å². The van der Waals surface area contributed by atoms with E-state index < -0.39 is 0 Å². The first-order chi connectivity index (χ1) is 15.0. The molecule has 162 valence electrons. The predicted octanol–water partition coefficient (Wildman–Crippen LogP) is 4.63. The third kappa shape index (κ3) is 4.99. The fourth-order valence-corrected chi connectivity index (χ4v) is 5.41. The number of aromatic nitrogens is 3. The van der Waals surface area contributed by atoms with Crippen LogP contribution in [0.4, 0.5) is 5.00 Å². The van der Waals surface area contributed by atoms with E-state index in [1.165, 1.54) is 33.5 Å². The summed E-state index contributed by atoms with van der Waals surface area (Å²) in [6.07, 6.45) is 3.94. The zero-order chi connectivity index (χ0) is 21.8. The number of thiophene rings is 1. The molecule has 0 unspecified atom stereocenters. The van der Waals surface area contributed by atoms with Gasteiger partial charge in [-0.3, -0.25) is 9.89 Å². The van der Waals surface area contributed by atoms with Crippen LogP contribution in [0.5, 0.6) is 0 Å². The highest BCUT2D eigenvalue weighted by atomic mass is 32.2. The van der Waals surface area contributed by atoms with Gasteiger partial charge < -0.3 is 10.1 Å². The predicted molar refractivity (Wildman–Crippen MR) is 123 cm³/mol. The molecule has 0 spiro atoms. The molecule has 31 heavy (non-hydrogen) atoms. The van der Waals surface area contributed by atoms with Crippen LogP contribution in [0.1, 0.15) is 46.1 Å². The molecule has 1 amide bonds. The average molecular weight is 457 g/mol. The zero-order valence-corrected chi connectivity index (χ0v) is 19.1. The van der Waals surface area contributed by atoms with E-state index in [0.29, 0.717) is 28.2 Å². The van der Waals surface area contributed by atoms with E-state index in [2.05, 4.69) is 20.5 Å². The molecule has 0 saturated heterocycles. The van der Waals surface area contributed by atoms with E-state index >= 15 is 0 Å². The van der Waals surface area contributed by atoms with Crippen molar-refractivity contribution in [3.05, 3.63) is 45.8 Å². The topological polar surface area (TPSA) is 97.0 Å². The van der Waals surface area contributed by atoms with Gasteiger partial charge in [0.15, 0.2) is 5.82 Å². The minimum atomic E-state index is -0.360. The van der Waals surface area contributed by atoms with Crippen molar-refractivity contribution in [2.45, 2.75) is 44.7 Å². The lowest BCUT2D eigenvalue weighted by Crippen LogP contribution is -2.17. The van der Waals surface area contributed by atoms with Gasteiger partial charge in [0.1, 0.15) is 5.00 Å². The molecule has 0 fully saturated rings. The van der Waals surface area contributed by atoms with Gasteiger partial charge in [0.05, 0.1) is 17.9 Å². The maximum Gasteiger partial charge on any atom is 0.341 e. The van der Waals surface area contributed by atoms with Crippen LogP contribution in [0.2, 0.25) is 0 Å². The van der Waals surface area contributed by atoms with Crippen LogP contribution in [0.25, 0.3) is 11.4 Å². The Hall–Kier alpha value is -2.65. The molecular formula is C22H24N4O3S2. The van der Waals surface area contributed by atoms with Crippen LogP contribution in [0.3, 0.4) is 0 Å². The molecule has 3 aromatic rings. The Balaban J connectivity index is 1.42. The lowest BCUT2D eigenvalue weighted by Gasteiger charge is -2.12. The third-order valence-corrected chi connectivity index (χ3v) is 7.08. The highest BCUT2D eigenvalue weighted by Gasteiger charge is 2.27. The molecule has 9 heteroatoms. The Kier molecular flexibility index (Phi) is 6.72. The van der Waals surface area contributed by atoms with Crippen LogP contribution in [0.15, 0.2) is 29.4 Å². The molecule has 0 atom stereocenters. The molecule has 2 heterocycles. The Morgan fingerprint density at radius 2 is 2.00 bits per heavy atom. The number of H-pyrrole nitrogens is 1. The number of carbonyl (C=O) groups is 2. The molecule has 1 aliphatic carbocycles. The molecule has 1 aliphatic rings. The smallest absolute Gasteiger partial charge is 0.341 e. The first-order valence-electron chi connectivity index (χ1n) is 10.3. The Morgan fingerprint density at radius 3 is 2.77 bits per heavy atom. The number of fused-ring (bicyclic) bond motifs is 1. The van der Waals surface area contributed by atoms with E-state index in [1.807, 2.05) is 31.2 Å². The number of nitrogens with zero attached hydrogens (tertiary/aromatic N) is 2. The zero-order valence-electron chi connectivity index (χ0n) is 17.5. The minimum absolute atomic E-state index is 0.149. The molecule has 0 radical (unpaired) electrons. The number of carbonyl (C=O) groups excluding carboxylic acids is 2. The molecule has 2 N–H and O–H groups in total. The Morgan fingerprint density at radius 1 is 1.23 bits per heavy atom. The molecule has 4 rings (SSSR count). The second-order valence-corrected chi connectivity index (χ2v) is 9.35. The second-order valence-electron chi connectivity index (χ2n) is 7.30. The van der Waals surface area contributed by atoms with Crippen molar-refractivity contribution < 1.29 is 14.3 Å². The van der Waals surface area contributed by atoms with Crippen molar-refractivity contribution in [3.63, 3.8) is 0 Å². The summed E-state index contributed by atoms with van der Waals surface area (Å²) in [5.41, 5.74) is 3.68. The van der Waals surface area contributed by atoms with Crippen LogP contribution in [-0.2, 0) is 22.4 Å². The van der Waals surface area contributed by atoms with Crippen LogP contribution >= 0.6 is 23.1 Å². The summed E-state index contributed by atoms with van der Waals surface area (Å²) in [6, 6.07) is 7.98. The first kappa shape index (κ1) is 21.6. The first-order valence-corrected chi connectivity index (χ1v) is 12.1. The third-order valence-electron chi connectivity index (χ3n) is 5.03. The molecule has 0 bridgehead atoms. The Bertz CT molecular complexity index is 1090. The van der Waals surface area contributed by atoms with Gasteiger partial charge in [-0.2, -0.15) is 0 Å². The monoisotopic (exact) mass is 456 g/mol. The van der Waals surface area contributed by atoms with Crippen LogP contribution in [0, 0.1) is 6.92 Å². The number of ether oxygens (including phenoxy) is 1. The van der Waals surface area contributed by atoms with Gasteiger partial charge in [0.2, 0.25) is 11.1 Å². The Labute approximate surface area is 189 Å². The molecule has 2 aromatic heterocycles. The van der Waals surface area contributed by atoms with Crippen LogP contribution < -0.4 is 5.32 Å². The van der Waals surface area contributed by atoms with Crippen molar-refractivity contribution in [3.8, 4) is 11.4 Å². The van der Waals surface area contributed by atoms with E-state index in [4.69, 9.17) is 4.74 Å². The maximum atomic E-state index is 12.6. The van der Waals surface area contributed by atoms with E-state index in [0.717, 1.165) is 36.8 Å². The minimum Gasteiger partial charge on any atom is -0.462 e. The number of hydrogen-bond donors (Lipinski definition) is 2. The fourth-order valence-electron chi connectivity index (χ4n) is 3.52. The van der Waals surface area contributed by atoms with Gasteiger partial charge in [-0.15, -0.1) is 16.4 Å². The summed E-state index contributed by atoms with van der Waals surface area (Å²) in [5, 5.41) is 11.1. The van der Waals surface area contributed by atoms with Crippen molar-refractivity contribution in [1.82, 2.24) is 15.2 Å². The number of esters is 1. The molecular weight excluding hydrogens is 432 g/mol. The van der Waals surface area contributed by atoms with Gasteiger partial charge in [0.25, 0.3) is 0 Å². The number of thioether (sulfide) groups is 1. The fraction of sp³-hybridized carbons (Fsp3) is 0.364. The SMILES string of the molecule is CCOC(=O)c1c(NC(=O)CSc2n[nH]c(-c3ccc(C)cc3)n2)sc2c1CCCC2. The largest absolute Gasteiger partial charge is 0.462 e. The number of aromatic amines is 1. The number of aryl methyl sites for hydroxylation is 2. The summed E-state index contributed by atoms with van der Waals surface area (Å²) in [7, 11) is 0. The van der Waals surface area contributed by atoms with E-state index in [-0.39, 0.29) is 17.6 Å². The summed E-state index contributed by atoms with van der Waals surface area (Å²) in [6.45, 7) is 4.12. The van der Waals surface area contributed by atoms with Gasteiger partial charge in [0, 0.05) is 10.4 Å². The highest BCUT2D eigenvalue weighted by molar-refractivity contribution is 7.99. The number of benzene rings is 1. The number of amides is 1. The van der Waals surface area contributed by atoms with Gasteiger partial charge in [-0.25, -0.2) is 9.78 Å². The van der Waals surface area contributed by atoms with Gasteiger partial charge >= 0.3 is 5.97 Å². The van der Waals surface area contributed by atoms with Gasteiger partial charge in [-0.05, 0) is 45.1 Å². The standard InChI is InChI=1S/C22H24N4O3S2/c1-3-29-21(28)18-15-6-4-5-7-16(15)31-20(18)23-17(27)12-30-22-24-19(25-26-22)14-10-8-13(2)9-11-14/h8-11H,3-7,12H2,1-2H3,(H,23,27)(H,24,25,26). The number of anilines is 1. The highest BCUT2D eigenvalue weighted by Crippen LogP contribution is 2.38. The lowest BCUT2D eigenvalue weighted by atomic mass is 9.95. The van der Waals surface area contributed by atoms with Crippen molar-refractivity contribution in [1.29, 1.82) is 0 Å². The number of hydrogen-bond acceptors (Lipinski definition) is 7. The summed E-state index contributed by atoms with van der Waals surface area (Å²) in [4.78, 5) is 30.8. The summed E-state index contributed by atoms with van der Waals surface area (Å²) in [5.74, 6) is 0.256. The number of nitrogens with one attached hydrogen (secondary N) is 2. The summed E-state index contributed by atoms with van der Waals surface area (Å²) >= 11 is 2.74. The molecule has 1 aromatic carbocycles. The van der Waals surface area contributed by atoms with Crippen molar-refractivity contribution in [2.24, 2.45) is 0 Å². The van der Waals surface area contributed by atoms with Crippen molar-refractivity contribution in [2.75, 3.05) is 17.7 Å². The quantitative estimate of drug-likeness (QED) is 0.397. The average Bonchev–Trinajstić information content (AvgIpc) is 3.37. The molecule has 0 saturated carbocycles. The van der Waals surface area contributed by atoms with Crippen LogP contribution in [-0.4, -0.2) is 39.4 Å². The molecule has 7 nitrogen and oxygen atoms in total. The maximum absolute atomic E-state index is 12.6. The van der Waals surface area contributed by atoms with Gasteiger partial charge in [-0.1, -0.05) is 41.6 Å². The number of rotatable bonds is 7.